The number of fused-ring (bicyclic) bond motifs is 1. The lowest BCUT2D eigenvalue weighted by molar-refractivity contribution is -0.154. The minimum atomic E-state index is -3.60. The van der Waals surface area contributed by atoms with Crippen LogP contribution < -0.4 is 10.0 Å². The number of carbonyl (C=O) groups excluding carboxylic acids is 2. The van der Waals surface area contributed by atoms with E-state index in [1.165, 1.54) is 18.9 Å². The van der Waals surface area contributed by atoms with Crippen LogP contribution in [0.5, 0.6) is 0 Å². The molecule has 1 aromatic rings. The van der Waals surface area contributed by atoms with E-state index in [-0.39, 0.29) is 35.6 Å². The summed E-state index contributed by atoms with van der Waals surface area (Å²) in [6, 6.07) is 6.67. The number of carbonyl (C=O) groups is 2. The molecule has 29 heavy (non-hydrogen) atoms. The number of amides is 1. The van der Waals surface area contributed by atoms with Gasteiger partial charge in [0.05, 0.1) is 17.9 Å². The lowest BCUT2D eigenvalue weighted by Crippen LogP contribution is -2.41. The zero-order valence-corrected chi connectivity index (χ0v) is 17.3. The second-order valence-electron chi connectivity index (χ2n) is 7.41. The van der Waals surface area contributed by atoms with Crippen LogP contribution in [-0.2, 0) is 24.3 Å². The highest BCUT2D eigenvalue weighted by Crippen LogP contribution is 2.22. The Balaban J connectivity index is 1.47. The van der Waals surface area contributed by atoms with Crippen molar-refractivity contribution in [1.29, 1.82) is 0 Å². The molecule has 0 saturated heterocycles. The van der Waals surface area contributed by atoms with Gasteiger partial charge in [-0.3, -0.25) is 19.3 Å². The Labute approximate surface area is 171 Å². The number of sulfonamides is 1. The maximum Gasteiger partial charge on any atom is 0.308 e. The first kappa shape index (κ1) is 21.3. The fourth-order valence-corrected chi connectivity index (χ4v) is 4.81. The van der Waals surface area contributed by atoms with Gasteiger partial charge >= 0.3 is 5.97 Å². The summed E-state index contributed by atoms with van der Waals surface area (Å²) in [7, 11) is -3.60. The van der Waals surface area contributed by atoms with E-state index in [1.807, 2.05) is 0 Å². The van der Waals surface area contributed by atoms with Crippen LogP contribution in [0, 0.1) is 0 Å². The second-order valence-corrected chi connectivity index (χ2v) is 9.06. The Kier molecular flexibility index (Phi) is 6.89. The summed E-state index contributed by atoms with van der Waals surface area (Å²) >= 11 is 0. The molecule has 1 saturated carbocycles. The molecule has 158 valence electrons. The average Bonchev–Trinajstić information content (AvgIpc) is 2.83. The Morgan fingerprint density at radius 2 is 1.90 bits per heavy atom. The van der Waals surface area contributed by atoms with Crippen molar-refractivity contribution < 1.29 is 22.7 Å². The summed E-state index contributed by atoms with van der Waals surface area (Å²) in [6.07, 6.45) is 5.60. The number of ether oxygens (including phenoxy) is 1. The standard InChI is InChI=1S/C20H27N3O5S/c1-14(20(25)22-15-8-4-2-3-5-9-15)28-18(24)12-13-21-19-16-10-6-7-11-17(16)29(26,27)23-19/h6-7,10-11,14-15H,2-5,8-9,12-13H2,1H3,(H,21,23)(H,22,25)/t14-/m0/s1. The SMILES string of the molecule is C[C@H](OC(=O)CCN=C1NS(=O)(=O)c2ccccc21)C(=O)NC1CCCCCC1. The quantitative estimate of drug-likeness (QED) is 0.538. The summed E-state index contributed by atoms with van der Waals surface area (Å²) < 4.78 is 31.7. The van der Waals surface area contributed by atoms with Gasteiger partial charge in [-0.25, -0.2) is 8.42 Å². The third kappa shape index (κ3) is 5.56. The van der Waals surface area contributed by atoms with Crippen LogP contribution in [0.3, 0.4) is 0 Å². The predicted molar refractivity (Wildman–Crippen MR) is 108 cm³/mol. The molecule has 3 rings (SSSR count). The summed E-state index contributed by atoms with van der Waals surface area (Å²) in [6.45, 7) is 1.61. The number of nitrogens with one attached hydrogen (secondary N) is 2. The average molecular weight is 422 g/mol. The van der Waals surface area contributed by atoms with Crippen molar-refractivity contribution in [2.24, 2.45) is 4.99 Å². The van der Waals surface area contributed by atoms with Crippen molar-refractivity contribution in [2.75, 3.05) is 6.54 Å². The van der Waals surface area contributed by atoms with Crippen molar-refractivity contribution in [3.8, 4) is 0 Å². The van der Waals surface area contributed by atoms with Crippen LogP contribution in [0.25, 0.3) is 0 Å². The van der Waals surface area contributed by atoms with Crippen LogP contribution >= 0.6 is 0 Å². The van der Waals surface area contributed by atoms with Crippen molar-refractivity contribution >= 4 is 27.7 Å². The van der Waals surface area contributed by atoms with Crippen molar-refractivity contribution in [3.05, 3.63) is 29.8 Å². The molecular weight excluding hydrogens is 394 g/mol. The van der Waals surface area contributed by atoms with Gasteiger partial charge in [-0.1, -0.05) is 37.8 Å². The van der Waals surface area contributed by atoms with Gasteiger partial charge in [-0.05, 0) is 31.9 Å². The summed E-state index contributed by atoms with van der Waals surface area (Å²) in [5.74, 6) is -0.617. The van der Waals surface area contributed by atoms with Gasteiger partial charge < -0.3 is 10.1 Å². The first-order valence-corrected chi connectivity index (χ1v) is 11.5. The van der Waals surface area contributed by atoms with E-state index in [4.69, 9.17) is 4.74 Å². The number of amidine groups is 1. The van der Waals surface area contributed by atoms with Crippen LogP contribution in [0.2, 0.25) is 0 Å². The van der Waals surface area contributed by atoms with Crippen molar-refractivity contribution in [3.63, 3.8) is 0 Å². The highest BCUT2D eigenvalue weighted by molar-refractivity contribution is 7.90. The van der Waals surface area contributed by atoms with Gasteiger partial charge in [0.2, 0.25) is 0 Å². The fourth-order valence-electron chi connectivity index (χ4n) is 3.56. The second kappa shape index (κ2) is 9.39. The number of aliphatic imine (C=N–C) groups is 1. The van der Waals surface area contributed by atoms with Crippen LogP contribution in [-0.4, -0.2) is 44.8 Å². The Morgan fingerprint density at radius 1 is 1.21 bits per heavy atom. The molecule has 1 aliphatic heterocycles. The van der Waals surface area contributed by atoms with Gasteiger partial charge in [0.15, 0.2) is 6.10 Å². The molecule has 2 aliphatic rings. The number of benzene rings is 1. The van der Waals surface area contributed by atoms with Gasteiger partial charge in [-0.2, -0.15) is 0 Å². The molecular formula is C20H27N3O5S. The molecule has 0 spiro atoms. The number of hydrogen-bond donors (Lipinski definition) is 2. The molecule has 1 amide bonds. The molecule has 1 heterocycles. The number of esters is 1. The highest BCUT2D eigenvalue weighted by atomic mass is 32.2. The maximum atomic E-state index is 12.3. The molecule has 0 unspecified atom stereocenters. The van der Waals surface area contributed by atoms with Gasteiger partial charge in [-0.15, -0.1) is 0 Å². The number of nitrogens with zero attached hydrogens (tertiary/aromatic N) is 1. The van der Waals surface area contributed by atoms with Gasteiger partial charge in [0.1, 0.15) is 5.84 Å². The number of rotatable bonds is 6. The minimum absolute atomic E-state index is 0.0472. The van der Waals surface area contributed by atoms with E-state index in [1.54, 1.807) is 25.1 Å². The molecule has 1 aliphatic carbocycles. The van der Waals surface area contributed by atoms with Gasteiger partial charge in [0.25, 0.3) is 15.9 Å². The Hall–Kier alpha value is -2.42. The first-order valence-electron chi connectivity index (χ1n) is 10.0. The van der Waals surface area contributed by atoms with Crippen molar-refractivity contribution in [2.45, 2.75) is 68.9 Å². The third-order valence-electron chi connectivity index (χ3n) is 5.13. The molecule has 0 radical (unpaired) electrons. The monoisotopic (exact) mass is 421 g/mol. The minimum Gasteiger partial charge on any atom is -0.452 e. The molecule has 9 heteroatoms. The van der Waals surface area contributed by atoms with E-state index in [2.05, 4.69) is 15.0 Å². The first-order chi connectivity index (χ1) is 13.9. The van der Waals surface area contributed by atoms with E-state index in [0.29, 0.717) is 5.56 Å². The van der Waals surface area contributed by atoms with E-state index in [9.17, 15) is 18.0 Å². The highest BCUT2D eigenvalue weighted by Gasteiger charge is 2.30. The van der Waals surface area contributed by atoms with Crippen LogP contribution in [0.4, 0.5) is 0 Å². The van der Waals surface area contributed by atoms with E-state index >= 15 is 0 Å². The lowest BCUT2D eigenvalue weighted by atomic mass is 10.1. The van der Waals surface area contributed by atoms with Crippen LogP contribution in [0.1, 0.15) is 57.4 Å². The van der Waals surface area contributed by atoms with Crippen molar-refractivity contribution in [1.82, 2.24) is 10.0 Å². The summed E-state index contributed by atoms with van der Waals surface area (Å²) in [5.41, 5.74) is 0.483. The molecule has 1 atom stereocenters. The molecule has 0 aromatic heterocycles. The molecule has 1 fully saturated rings. The smallest absolute Gasteiger partial charge is 0.308 e. The number of hydrogen-bond acceptors (Lipinski definition) is 6. The van der Waals surface area contributed by atoms with Gasteiger partial charge in [0, 0.05) is 11.6 Å². The Morgan fingerprint density at radius 3 is 2.62 bits per heavy atom. The van der Waals surface area contributed by atoms with E-state index in [0.717, 1.165) is 25.7 Å². The normalized spacial score (nSPS) is 20.9. The Bertz CT molecular complexity index is 889. The summed E-state index contributed by atoms with van der Waals surface area (Å²) in [4.78, 5) is 28.7. The zero-order valence-electron chi connectivity index (χ0n) is 16.5. The zero-order chi connectivity index (χ0) is 20.9. The lowest BCUT2D eigenvalue weighted by Gasteiger charge is -2.19. The molecule has 2 N–H and O–H groups in total. The topological polar surface area (TPSA) is 114 Å². The fraction of sp³-hybridized carbons (Fsp3) is 0.550. The largest absolute Gasteiger partial charge is 0.452 e. The molecule has 8 nitrogen and oxygen atoms in total. The van der Waals surface area contributed by atoms with E-state index < -0.39 is 22.1 Å². The molecule has 1 aromatic carbocycles. The third-order valence-corrected chi connectivity index (χ3v) is 6.52. The predicted octanol–water partition coefficient (Wildman–Crippen LogP) is 1.89. The molecule has 0 bridgehead atoms. The summed E-state index contributed by atoms with van der Waals surface area (Å²) in [5, 5.41) is 2.96. The maximum absolute atomic E-state index is 12.3. The van der Waals surface area contributed by atoms with Crippen LogP contribution in [0.15, 0.2) is 34.2 Å².